The molecule has 4 aliphatic rings. The minimum absolute atomic E-state index is 0.0274. The first-order valence-electron chi connectivity index (χ1n) is 13.0. The van der Waals surface area contributed by atoms with Crippen LogP contribution in [0.4, 0.5) is 4.39 Å². The van der Waals surface area contributed by atoms with Crippen molar-refractivity contribution in [1.29, 1.82) is 0 Å². The summed E-state index contributed by atoms with van der Waals surface area (Å²) in [7, 11) is 0. The zero-order valence-electron chi connectivity index (χ0n) is 20.8. The summed E-state index contributed by atoms with van der Waals surface area (Å²) < 4.78 is 21.8. The summed E-state index contributed by atoms with van der Waals surface area (Å²) in [5.74, 6) is -1.07. The second-order valence-electron chi connectivity index (χ2n) is 10.7. The maximum atomic E-state index is 15.0. The van der Waals surface area contributed by atoms with Crippen LogP contribution >= 0.6 is 0 Å². The molecule has 8 nitrogen and oxygen atoms in total. The Hall–Kier alpha value is -3.14. The quantitative estimate of drug-likeness (QED) is 0.413. The molecule has 3 atom stereocenters. The molecule has 1 saturated heterocycles. The molecule has 0 bridgehead atoms. The van der Waals surface area contributed by atoms with E-state index in [1.54, 1.807) is 24.5 Å². The van der Waals surface area contributed by atoms with Gasteiger partial charge in [0.25, 0.3) is 5.56 Å². The highest BCUT2D eigenvalue weighted by Crippen LogP contribution is 2.49. The molecule has 3 aromatic rings. The maximum absolute atomic E-state index is 15.0. The number of aliphatic hydroxyl groups is 2. The minimum Gasteiger partial charge on any atom is -0.458 e. The summed E-state index contributed by atoms with van der Waals surface area (Å²) in [5, 5.41) is 22.1. The van der Waals surface area contributed by atoms with Crippen molar-refractivity contribution in [2.24, 2.45) is 0 Å². The molecule has 1 aliphatic carbocycles. The molecule has 1 fully saturated rings. The van der Waals surface area contributed by atoms with Crippen LogP contribution in [0.2, 0.25) is 0 Å². The van der Waals surface area contributed by atoms with E-state index in [1.807, 2.05) is 0 Å². The van der Waals surface area contributed by atoms with Gasteiger partial charge in [-0.15, -0.1) is 0 Å². The van der Waals surface area contributed by atoms with E-state index in [0.29, 0.717) is 29.0 Å². The number of carbonyl (C=O) groups is 1. The van der Waals surface area contributed by atoms with Gasteiger partial charge in [-0.25, -0.2) is 14.2 Å². The predicted octanol–water partition coefficient (Wildman–Crippen LogP) is 2.58. The predicted molar refractivity (Wildman–Crippen MR) is 132 cm³/mol. The lowest BCUT2D eigenvalue weighted by Crippen LogP contribution is -2.52. The lowest BCUT2D eigenvalue weighted by atomic mass is 9.79. The summed E-state index contributed by atoms with van der Waals surface area (Å²) in [6.07, 6.45) is 2.50. The Kier molecular flexibility index (Phi) is 4.78. The number of fused-ring (bicyclic) bond motifs is 5. The van der Waals surface area contributed by atoms with E-state index >= 15 is 4.39 Å². The van der Waals surface area contributed by atoms with Crippen molar-refractivity contribution in [2.75, 3.05) is 13.2 Å². The normalized spacial score (nSPS) is 25.9. The average molecular weight is 506 g/mol. The number of rotatable bonds is 3. The van der Waals surface area contributed by atoms with Gasteiger partial charge in [0.05, 0.1) is 35.6 Å². The third-order valence-corrected chi connectivity index (χ3v) is 9.15. The van der Waals surface area contributed by atoms with Gasteiger partial charge in [-0.2, -0.15) is 0 Å². The Morgan fingerprint density at radius 2 is 2.03 bits per heavy atom. The Balaban J connectivity index is 1.52. The van der Waals surface area contributed by atoms with Crippen LogP contribution in [-0.2, 0) is 34.7 Å². The number of ether oxygens (including phenoxy) is 1. The van der Waals surface area contributed by atoms with Gasteiger partial charge in [0.15, 0.2) is 5.60 Å². The molecule has 0 amide bonds. The first kappa shape index (κ1) is 23.0. The number of hydrogen-bond acceptors (Lipinski definition) is 7. The number of pyridine rings is 2. The molecule has 7 rings (SSSR count). The van der Waals surface area contributed by atoms with Gasteiger partial charge in [-0.05, 0) is 55.4 Å². The van der Waals surface area contributed by atoms with Gasteiger partial charge in [0.2, 0.25) is 0 Å². The Labute approximate surface area is 212 Å². The second kappa shape index (κ2) is 7.69. The average Bonchev–Trinajstić information content (AvgIpc) is 3.24. The van der Waals surface area contributed by atoms with Gasteiger partial charge >= 0.3 is 5.97 Å². The molecular weight excluding hydrogens is 477 g/mol. The third kappa shape index (κ3) is 2.85. The lowest BCUT2D eigenvalue weighted by molar-refractivity contribution is -0.172. The van der Waals surface area contributed by atoms with E-state index in [2.05, 4.69) is 4.90 Å². The van der Waals surface area contributed by atoms with Crippen LogP contribution in [-0.4, -0.2) is 49.8 Å². The first-order chi connectivity index (χ1) is 17.8. The van der Waals surface area contributed by atoms with Crippen molar-refractivity contribution in [2.45, 2.75) is 70.4 Å². The van der Waals surface area contributed by atoms with E-state index < -0.39 is 11.6 Å². The van der Waals surface area contributed by atoms with Crippen molar-refractivity contribution in [3.63, 3.8) is 0 Å². The number of aromatic nitrogens is 2. The molecular formula is C28H28FN3O5. The number of hydrogen-bond donors (Lipinski definition) is 2. The van der Waals surface area contributed by atoms with Crippen molar-refractivity contribution in [3.05, 3.63) is 61.7 Å². The molecule has 1 aromatic carbocycles. The van der Waals surface area contributed by atoms with Crippen LogP contribution in [0.1, 0.15) is 65.6 Å². The molecule has 0 saturated carbocycles. The summed E-state index contributed by atoms with van der Waals surface area (Å²) in [6, 6.07) is 3.27. The van der Waals surface area contributed by atoms with Gasteiger partial charge in [-0.1, -0.05) is 6.92 Å². The largest absolute Gasteiger partial charge is 0.458 e. The molecule has 37 heavy (non-hydrogen) atoms. The molecule has 2 N–H and O–H groups in total. The number of aliphatic hydroxyl groups excluding tert-OH is 1. The molecule has 9 heteroatoms. The van der Waals surface area contributed by atoms with Gasteiger partial charge in [-0.3, -0.25) is 9.69 Å². The van der Waals surface area contributed by atoms with Crippen molar-refractivity contribution in [3.8, 4) is 11.4 Å². The van der Waals surface area contributed by atoms with Gasteiger partial charge < -0.3 is 19.5 Å². The van der Waals surface area contributed by atoms with Crippen molar-refractivity contribution >= 4 is 16.9 Å². The number of nitrogens with zero attached hydrogens (tertiary/aromatic N) is 3. The van der Waals surface area contributed by atoms with Crippen LogP contribution in [0.3, 0.4) is 0 Å². The number of carbonyl (C=O) groups excluding carboxylic acids is 1. The SMILES string of the molecule is CC[C@@]1(O)C(=O)OCc2c1cc1n(c2=O)Cc2c-1nc1cc(F)c(C)c3c1c2[C@@H](N1CCC1CO)CC3. The third-order valence-electron chi connectivity index (χ3n) is 9.15. The van der Waals surface area contributed by atoms with E-state index in [0.717, 1.165) is 47.9 Å². The van der Waals surface area contributed by atoms with Gasteiger partial charge in [0.1, 0.15) is 12.4 Å². The first-order valence-corrected chi connectivity index (χ1v) is 13.0. The topological polar surface area (TPSA) is 105 Å². The minimum atomic E-state index is -1.90. The number of esters is 1. The van der Waals surface area contributed by atoms with Crippen LogP contribution in [0.5, 0.6) is 0 Å². The maximum Gasteiger partial charge on any atom is 0.343 e. The zero-order valence-corrected chi connectivity index (χ0v) is 20.8. The summed E-state index contributed by atoms with van der Waals surface area (Å²) >= 11 is 0. The Morgan fingerprint density at radius 3 is 2.73 bits per heavy atom. The number of halogens is 1. The van der Waals surface area contributed by atoms with Crippen molar-refractivity contribution in [1.82, 2.24) is 14.5 Å². The highest BCUT2D eigenvalue weighted by Gasteiger charge is 2.46. The molecule has 0 spiro atoms. The van der Waals surface area contributed by atoms with Crippen LogP contribution in [0, 0.1) is 12.7 Å². The van der Waals surface area contributed by atoms with E-state index in [4.69, 9.17) is 9.72 Å². The fraction of sp³-hybridized carbons (Fsp3) is 0.464. The zero-order chi connectivity index (χ0) is 25.8. The highest BCUT2D eigenvalue weighted by atomic mass is 19.1. The van der Waals surface area contributed by atoms with E-state index in [9.17, 15) is 19.8 Å². The molecule has 0 radical (unpaired) electrons. The van der Waals surface area contributed by atoms with Crippen LogP contribution in [0.15, 0.2) is 16.9 Å². The number of benzene rings is 1. The molecule has 1 unspecified atom stereocenters. The number of likely N-dealkylation sites (tertiary alicyclic amines) is 1. The fourth-order valence-corrected chi connectivity index (χ4v) is 6.93. The monoisotopic (exact) mass is 505 g/mol. The summed E-state index contributed by atoms with van der Waals surface area (Å²) in [5.41, 5.74) is 3.54. The molecule has 2 aromatic heterocycles. The summed E-state index contributed by atoms with van der Waals surface area (Å²) in [4.78, 5) is 33.4. The second-order valence-corrected chi connectivity index (χ2v) is 10.7. The molecule has 192 valence electrons. The number of cyclic esters (lactones) is 1. The van der Waals surface area contributed by atoms with Crippen molar-refractivity contribution < 1.29 is 24.1 Å². The summed E-state index contributed by atoms with van der Waals surface area (Å²) in [6.45, 7) is 4.55. The fourth-order valence-electron chi connectivity index (χ4n) is 6.93. The van der Waals surface area contributed by atoms with E-state index in [-0.39, 0.29) is 54.2 Å². The van der Waals surface area contributed by atoms with E-state index in [1.165, 1.54) is 6.07 Å². The molecule has 5 heterocycles. The molecule has 3 aliphatic heterocycles. The Morgan fingerprint density at radius 1 is 1.22 bits per heavy atom. The Bertz CT molecular complexity index is 1600. The highest BCUT2D eigenvalue weighted by molar-refractivity contribution is 5.93. The van der Waals surface area contributed by atoms with Crippen LogP contribution < -0.4 is 5.56 Å². The number of aryl methyl sites for hydroxylation is 1. The smallest absolute Gasteiger partial charge is 0.343 e. The standard InChI is InChI=1S/C28H28FN3O5/c1-3-28(36)18-8-22-25-16(10-32(22)26(34)17(18)12-37-27(28)35)24-21(31-7-6-14(31)11-33)5-4-15-13(2)19(29)9-20(30-25)23(15)24/h8-9,14,21,33,36H,3-7,10-12H2,1-2H3/t14?,21-,28-/m0/s1. The van der Waals surface area contributed by atoms with Gasteiger partial charge in [0, 0.05) is 41.2 Å². The van der Waals surface area contributed by atoms with Crippen LogP contribution in [0.25, 0.3) is 22.3 Å². The lowest BCUT2D eigenvalue weighted by Gasteiger charge is -2.47.